The van der Waals surface area contributed by atoms with Gasteiger partial charge >= 0.3 is 0 Å². The Labute approximate surface area is 72.6 Å². The summed E-state index contributed by atoms with van der Waals surface area (Å²) in [5.41, 5.74) is 5.55. The lowest BCUT2D eigenvalue weighted by atomic mass is 10.0. The molecule has 0 radical (unpaired) electrons. The minimum atomic E-state index is 0.612. The van der Waals surface area contributed by atoms with Crippen molar-refractivity contribution in [3.05, 3.63) is 18.2 Å². The molecule has 1 aromatic rings. The van der Waals surface area contributed by atoms with Crippen LogP contribution in [0.4, 0.5) is 0 Å². The summed E-state index contributed by atoms with van der Waals surface area (Å²) in [6.45, 7) is 0.780. The van der Waals surface area contributed by atoms with Crippen LogP contribution >= 0.6 is 0 Å². The summed E-state index contributed by atoms with van der Waals surface area (Å²) in [7, 11) is 0. The molecule has 12 heavy (non-hydrogen) atoms. The summed E-state index contributed by atoms with van der Waals surface area (Å²) in [4.78, 5) is 4.31. The lowest BCUT2D eigenvalue weighted by Gasteiger charge is -2.24. The van der Waals surface area contributed by atoms with E-state index >= 15 is 0 Å². The fourth-order valence-corrected chi connectivity index (χ4v) is 1.98. The van der Waals surface area contributed by atoms with Crippen molar-refractivity contribution in [1.82, 2.24) is 9.55 Å². The quantitative estimate of drug-likeness (QED) is 0.713. The van der Waals surface area contributed by atoms with Crippen molar-refractivity contribution in [2.45, 2.75) is 31.7 Å². The van der Waals surface area contributed by atoms with Crippen LogP contribution in [0.5, 0.6) is 0 Å². The summed E-state index contributed by atoms with van der Waals surface area (Å²) in [5.74, 6) is 1.24. The lowest BCUT2D eigenvalue weighted by Crippen LogP contribution is -2.20. The minimum Gasteiger partial charge on any atom is -0.332 e. The molecule has 1 aliphatic heterocycles. The highest BCUT2D eigenvalue weighted by molar-refractivity contribution is 4.98. The standard InChI is InChI=1S/C9H15N3/c10-5-4-8-2-1-3-9-11-6-7-12(8)9/h6-8H,1-5,10H2. The summed E-state index contributed by atoms with van der Waals surface area (Å²) >= 11 is 0. The summed E-state index contributed by atoms with van der Waals surface area (Å²) in [6, 6.07) is 0.612. The number of imidazole rings is 1. The van der Waals surface area contributed by atoms with Crippen molar-refractivity contribution in [2.75, 3.05) is 6.54 Å². The van der Waals surface area contributed by atoms with Crippen molar-refractivity contribution in [3.8, 4) is 0 Å². The molecule has 2 heterocycles. The molecular weight excluding hydrogens is 150 g/mol. The second kappa shape index (κ2) is 3.27. The van der Waals surface area contributed by atoms with Crippen molar-refractivity contribution >= 4 is 0 Å². The van der Waals surface area contributed by atoms with E-state index in [9.17, 15) is 0 Å². The first-order chi connectivity index (χ1) is 5.92. The van der Waals surface area contributed by atoms with Gasteiger partial charge < -0.3 is 10.3 Å². The predicted octanol–water partition coefficient (Wildman–Crippen LogP) is 1.11. The number of rotatable bonds is 2. The summed E-state index contributed by atoms with van der Waals surface area (Å²) in [6.07, 6.45) is 8.72. The molecule has 2 N–H and O–H groups in total. The summed E-state index contributed by atoms with van der Waals surface area (Å²) < 4.78 is 2.29. The monoisotopic (exact) mass is 165 g/mol. The second-order valence-electron chi connectivity index (χ2n) is 3.37. The number of nitrogens with two attached hydrogens (primary N) is 1. The van der Waals surface area contributed by atoms with Gasteiger partial charge in [0.05, 0.1) is 0 Å². The average Bonchev–Trinajstić information content (AvgIpc) is 2.53. The topological polar surface area (TPSA) is 43.8 Å². The molecule has 1 unspecified atom stereocenters. The van der Waals surface area contributed by atoms with Gasteiger partial charge in [-0.05, 0) is 25.8 Å². The third-order valence-electron chi connectivity index (χ3n) is 2.58. The van der Waals surface area contributed by atoms with Crippen LogP contribution in [0.15, 0.2) is 12.4 Å². The van der Waals surface area contributed by atoms with Gasteiger partial charge in [-0.2, -0.15) is 0 Å². The van der Waals surface area contributed by atoms with Crippen molar-refractivity contribution in [3.63, 3.8) is 0 Å². The van der Waals surface area contributed by atoms with Gasteiger partial charge in [0.2, 0.25) is 0 Å². The molecule has 0 amide bonds. The highest BCUT2D eigenvalue weighted by Gasteiger charge is 2.18. The van der Waals surface area contributed by atoms with Gasteiger partial charge in [-0.15, -0.1) is 0 Å². The van der Waals surface area contributed by atoms with E-state index in [0.29, 0.717) is 6.04 Å². The highest BCUT2D eigenvalue weighted by atomic mass is 15.1. The molecular formula is C9H15N3. The number of nitrogens with zero attached hydrogens (tertiary/aromatic N) is 2. The molecule has 3 nitrogen and oxygen atoms in total. The smallest absolute Gasteiger partial charge is 0.108 e. The van der Waals surface area contributed by atoms with Gasteiger partial charge in [-0.25, -0.2) is 4.98 Å². The molecule has 2 rings (SSSR count). The van der Waals surface area contributed by atoms with Gasteiger partial charge in [-0.3, -0.25) is 0 Å². The largest absolute Gasteiger partial charge is 0.332 e. The number of hydrogen-bond acceptors (Lipinski definition) is 2. The first-order valence-corrected chi connectivity index (χ1v) is 4.63. The first kappa shape index (κ1) is 7.80. The van der Waals surface area contributed by atoms with Crippen molar-refractivity contribution < 1.29 is 0 Å². The van der Waals surface area contributed by atoms with Gasteiger partial charge in [0.25, 0.3) is 0 Å². The molecule has 1 atom stereocenters. The van der Waals surface area contributed by atoms with E-state index in [-0.39, 0.29) is 0 Å². The van der Waals surface area contributed by atoms with Gasteiger partial charge in [0.15, 0.2) is 0 Å². The highest BCUT2D eigenvalue weighted by Crippen LogP contribution is 2.25. The fraction of sp³-hybridized carbons (Fsp3) is 0.667. The maximum absolute atomic E-state index is 5.55. The molecule has 3 heteroatoms. The Hall–Kier alpha value is -0.830. The Morgan fingerprint density at radius 1 is 1.67 bits per heavy atom. The van der Waals surface area contributed by atoms with Crippen LogP contribution in [0, 0.1) is 0 Å². The Morgan fingerprint density at radius 3 is 3.42 bits per heavy atom. The second-order valence-corrected chi connectivity index (χ2v) is 3.37. The Kier molecular flexibility index (Phi) is 2.13. The molecule has 0 bridgehead atoms. The predicted molar refractivity (Wildman–Crippen MR) is 47.9 cm³/mol. The minimum absolute atomic E-state index is 0.612. The third-order valence-corrected chi connectivity index (χ3v) is 2.58. The molecule has 1 aliphatic rings. The maximum atomic E-state index is 5.55. The zero-order chi connectivity index (χ0) is 8.39. The number of aromatic nitrogens is 2. The first-order valence-electron chi connectivity index (χ1n) is 4.63. The van der Waals surface area contributed by atoms with E-state index in [1.165, 1.54) is 18.7 Å². The molecule has 0 aliphatic carbocycles. The molecule has 1 aromatic heterocycles. The van der Waals surface area contributed by atoms with Crippen LogP contribution in [0.25, 0.3) is 0 Å². The SMILES string of the molecule is NCCC1CCCc2nccn21. The maximum Gasteiger partial charge on any atom is 0.108 e. The van der Waals surface area contributed by atoms with Crippen LogP contribution in [0.3, 0.4) is 0 Å². The zero-order valence-electron chi connectivity index (χ0n) is 7.24. The van der Waals surface area contributed by atoms with Crippen LogP contribution in [0.1, 0.15) is 31.1 Å². The zero-order valence-corrected chi connectivity index (χ0v) is 7.24. The lowest BCUT2D eigenvalue weighted by molar-refractivity contribution is 0.379. The Bertz CT molecular complexity index is 254. The van der Waals surface area contributed by atoms with E-state index < -0.39 is 0 Å². The average molecular weight is 165 g/mol. The molecule has 66 valence electrons. The summed E-state index contributed by atoms with van der Waals surface area (Å²) in [5, 5.41) is 0. The normalized spacial score (nSPS) is 22.2. The fourth-order valence-electron chi connectivity index (χ4n) is 1.98. The van der Waals surface area contributed by atoms with E-state index in [2.05, 4.69) is 15.7 Å². The van der Waals surface area contributed by atoms with Gasteiger partial charge in [0.1, 0.15) is 5.82 Å². The van der Waals surface area contributed by atoms with Crippen LogP contribution in [-0.2, 0) is 6.42 Å². The van der Waals surface area contributed by atoms with Crippen LogP contribution in [-0.4, -0.2) is 16.1 Å². The van der Waals surface area contributed by atoms with Gasteiger partial charge in [-0.1, -0.05) is 0 Å². The molecule has 0 spiro atoms. The molecule has 0 saturated heterocycles. The van der Waals surface area contributed by atoms with E-state index in [4.69, 9.17) is 5.73 Å². The molecule has 0 fully saturated rings. The third kappa shape index (κ3) is 1.25. The van der Waals surface area contributed by atoms with Crippen molar-refractivity contribution in [2.24, 2.45) is 5.73 Å². The molecule has 0 saturated carbocycles. The number of aryl methyl sites for hydroxylation is 1. The number of hydrogen-bond donors (Lipinski definition) is 1. The Morgan fingerprint density at radius 2 is 2.58 bits per heavy atom. The van der Waals surface area contributed by atoms with Crippen LogP contribution in [0.2, 0.25) is 0 Å². The molecule has 0 aromatic carbocycles. The van der Waals surface area contributed by atoms with Crippen LogP contribution < -0.4 is 5.73 Å². The van der Waals surface area contributed by atoms with E-state index in [1.807, 2.05) is 6.20 Å². The number of fused-ring (bicyclic) bond motifs is 1. The Balaban J connectivity index is 2.19. The van der Waals surface area contributed by atoms with E-state index in [1.54, 1.807) is 0 Å². The van der Waals surface area contributed by atoms with E-state index in [0.717, 1.165) is 19.4 Å². The van der Waals surface area contributed by atoms with Gasteiger partial charge in [0, 0.05) is 24.9 Å². The van der Waals surface area contributed by atoms with Crippen molar-refractivity contribution in [1.29, 1.82) is 0 Å².